The van der Waals surface area contributed by atoms with Gasteiger partial charge in [-0.05, 0) is 59.9 Å². The Morgan fingerprint density at radius 2 is 1.71 bits per heavy atom. The van der Waals surface area contributed by atoms with E-state index in [0.717, 1.165) is 22.3 Å². The Morgan fingerprint density at radius 3 is 2.41 bits per heavy atom. The van der Waals surface area contributed by atoms with Gasteiger partial charge in [-0.15, -0.1) is 0 Å². The number of methoxy groups -OCH3 is 2. The van der Waals surface area contributed by atoms with E-state index in [0.29, 0.717) is 30.2 Å². The van der Waals surface area contributed by atoms with Gasteiger partial charge in [-0.25, -0.2) is 4.79 Å². The molecule has 0 fully saturated rings. The van der Waals surface area contributed by atoms with Gasteiger partial charge in [-0.1, -0.05) is 42.5 Å². The van der Waals surface area contributed by atoms with Crippen molar-refractivity contribution in [2.24, 2.45) is 0 Å². The topological polar surface area (TPSA) is 79.9 Å². The lowest BCUT2D eigenvalue weighted by Crippen LogP contribution is -2.46. The SMILES string of the molecule is COc1cc2c(cc1OC)C(c1ccccc1)N(C(=O)CNC(=O)Nc1cccc(C)c1)CC2. The highest BCUT2D eigenvalue weighted by atomic mass is 16.5. The molecule has 1 heterocycles. The maximum Gasteiger partial charge on any atom is 0.319 e. The Morgan fingerprint density at radius 1 is 0.971 bits per heavy atom. The summed E-state index contributed by atoms with van der Waals surface area (Å²) in [5.74, 6) is 1.13. The fourth-order valence-corrected chi connectivity index (χ4v) is 4.36. The number of nitrogens with one attached hydrogen (secondary N) is 2. The van der Waals surface area contributed by atoms with Gasteiger partial charge in [0.2, 0.25) is 5.91 Å². The quantitative estimate of drug-likeness (QED) is 0.576. The summed E-state index contributed by atoms with van der Waals surface area (Å²) in [5.41, 5.74) is 4.82. The molecule has 0 spiro atoms. The van der Waals surface area contributed by atoms with Crippen molar-refractivity contribution in [3.05, 3.63) is 89.0 Å². The van der Waals surface area contributed by atoms with Gasteiger partial charge in [0.1, 0.15) is 0 Å². The van der Waals surface area contributed by atoms with E-state index < -0.39 is 6.03 Å². The highest BCUT2D eigenvalue weighted by Crippen LogP contribution is 2.40. The number of hydrogen-bond donors (Lipinski definition) is 2. The monoisotopic (exact) mass is 459 g/mol. The number of nitrogens with zero attached hydrogens (tertiary/aromatic N) is 1. The summed E-state index contributed by atoms with van der Waals surface area (Å²) in [6, 6.07) is 20.6. The van der Waals surface area contributed by atoms with E-state index in [1.54, 1.807) is 14.2 Å². The summed E-state index contributed by atoms with van der Waals surface area (Å²) in [6.07, 6.45) is 0.681. The summed E-state index contributed by atoms with van der Waals surface area (Å²) < 4.78 is 11.0. The highest BCUT2D eigenvalue weighted by Gasteiger charge is 2.33. The number of rotatable bonds is 6. The predicted octanol–water partition coefficient (Wildman–Crippen LogP) is 4.31. The minimum atomic E-state index is -0.418. The molecule has 0 radical (unpaired) electrons. The number of benzene rings is 3. The number of urea groups is 1. The van der Waals surface area contributed by atoms with Gasteiger partial charge in [-0.2, -0.15) is 0 Å². The number of hydrogen-bond acceptors (Lipinski definition) is 4. The van der Waals surface area contributed by atoms with Gasteiger partial charge in [-0.3, -0.25) is 4.79 Å². The summed E-state index contributed by atoms with van der Waals surface area (Å²) in [5, 5.41) is 5.47. The van der Waals surface area contributed by atoms with E-state index >= 15 is 0 Å². The van der Waals surface area contributed by atoms with Crippen molar-refractivity contribution in [3.63, 3.8) is 0 Å². The van der Waals surface area contributed by atoms with Gasteiger partial charge >= 0.3 is 6.03 Å². The smallest absolute Gasteiger partial charge is 0.319 e. The molecule has 3 aromatic rings. The Hall–Kier alpha value is -4.00. The van der Waals surface area contributed by atoms with Crippen molar-refractivity contribution in [1.29, 1.82) is 0 Å². The molecular formula is C27H29N3O4. The zero-order chi connectivity index (χ0) is 24.1. The summed E-state index contributed by atoms with van der Waals surface area (Å²) in [4.78, 5) is 27.5. The molecule has 3 amide bonds. The summed E-state index contributed by atoms with van der Waals surface area (Å²) >= 11 is 0. The van der Waals surface area contributed by atoms with Crippen molar-refractivity contribution in [1.82, 2.24) is 10.2 Å². The van der Waals surface area contributed by atoms with Crippen LogP contribution in [0.5, 0.6) is 11.5 Å². The Labute approximate surface area is 199 Å². The molecule has 0 aromatic heterocycles. The number of carbonyl (C=O) groups excluding carboxylic acids is 2. The van der Waals surface area contributed by atoms with Crippen LogP contribution in [0, 0.1) is 6.92 Å². The van der Waals surface area contributed by atoms with Crippen LogP contribution in [-0.4, -0.2) is 44.1 Å². The highest BCUT2D eigenvalue weighted by molar-refractivity contribution is 5.92. The van der Waals surface area contributed by atoms with Crippen LogP contribution in [0.25, 0.3) is 0 Å². The first-order valence-corrected chi connectivity index (χ1v) is 11.2. The lowest BCUT2D eigenvalue weighted by Gasteiger charge is -2.38. The molecule has 1 aliphatic heterocycles. The molecular weight excluding hydrogens is 430 g/mol. The number of aryl methyl sites for hydroxylation is 1. The van der Waals surface area contributed by atoms with Gasteiger partial charge in [0, 0.05) is 12.2 Å². The second-order valence-electron chi connectivity index (χ2n) is 8.23. The fraction of sp³-hybridized carbons (Fsp3) is 0.259. The number of carbonyl (C=O) groups is 2. The maximum atomic E-state index is 13.3. The van der Waals surface area contributed by atoms with Crippen LogP contribution in [0.15, 0.2) is 66.7 Å². The summed E-state index contributed by atoms with van der Waals surface area (Å²) in [6.45, 7) is 2.38. The van der Waals surface area contributed by atoms with Crippen molar-refractivity contribution < 1.29 is 19.1 Å². The first-order valence-electron chi connectivity index (χ1n) is 11.2. The molecule has 1 atom stereocenters. The van der Waals surface area contributed by atoms with Crippen molar-refractivity contribution in [3.8, 4) is 11.5 Å². The molecule has 0 aliphatic carbocycles. The zero-order valence-corrected chi connectivity index (χ0v) is 19.6. The molecule has 0 bridgehead atoms. The van der Waals surface area contributed by atoms with Crippen LogP contribution < -0.4 is 20.1 Å². The first kappa shape index (κ1) is 23.2. The molecule has 3 aromatic carbocycles. The van der Waals surface area contributed by atoms with Crippen LogP contribution in [0.2, 0.25) is 0 Å². The van der Waals surface area contributed by atoms with Crippen molar-refractivity contribution in [2.45, 2.75) is 19.4 Å². The first-order chi connectivity index (χ1) is 16.5. The molecule has 1 aliphatic rings. The van der Waals surface area contributed by atoms with Gasteiger partial charge in [0.05, 0.1) is 26.8 Å². The molecule has 34 heavy (non-hydrogen) atoms. The van der Waals surface area contributed by atoms with E-state index in [-0.39, 0.29) is 18.5 Å². The van der Waals surface area contributed by atoms with Gasteiger partial charge in [0.25, 0.3) is 0 Å². The largest absolute Gasteiger partial charge is 0.493 e. The van der Waals surface area contributed by atoms with Crippen molar-refractivity contribution in [2.75, 3.05) is 32.6 Å². The number of anilines is 1. The third-order valence-corrected chi connectivity index (χ3v) is 5.99. The predicted molar refractivity (Wildman–Crippen MR) is 131 cm³/mol. The second-order valence-corrected chi connectivity index (χ2v) is 8.23. The maximum absolute atomic E-state index is 13.3. The Bertz CT molecular complexity index is 1180. The molecule has 1 unspecified atom stereocenters. The third-order valence-electron chi connectivity index (χ3n) is 5.99. The van der Waals surface area contributed by atoms with Crippen LogP contribution in [0.4, 0.5) is 10.5 Å². The minimum Gasteiger partial charge on any atom is -0.493 e. The average Bonchev–Trinajstić information content (AvgIpc) is 2.86. The fourth-order valence-electron chi connectivity index (χ4n) is 4.36. The standard InChI is InChI=1S/C27H29N3O4/c1-18-8-7-11-21(14-18)29-27(32)28-17-25(31)30-13-12-20-15-23(33-2)24(34-3)16-22(20)26(30)19-9-5-4-6-10-19/h4-11,14-16,26H,12-13,17H2,1-3H3,(H2,28,29,32). The van der Waals surface area contributed by atoms with Gasteiger partial charge in [0.15, 0.2) is 11.5 Å². The van der Waals surface area contributed by atoms with E-state index in [9.17, 15) is 9.59 Å². The second kappa shape index (κ2) is 10.3. The van der Waals surface area contributed by atoms with Crippen LogP contribution in [-0.2, 0) is 11.2 Å². The Kier molecular flexibility index (Phi) is 7.01. The molecule has 0 saturated carbocycles. The lowest BCUT2D eigenvalue weighted by atomic mass is 9.87. The molecule has 0 saturated heterocycles. The molecule has 2 N–H and O–H groups in total. The normalized spacial score (nSPS) is 14.7. The van der Waals surface area contributed by atoms with Crippen LogP contribution in [0.1, 0.15) is 28.3 Å². The van der Waals surface area contributed by atoms with Crippen LogP contribution in [0.3, 0.4) is 0 Å². The number of ether oxygens (including phenoxy) is 2. The third kappa shape index (κ3) is 4.98. The Balaban J connectivity index is 1.55. The van der Waals surface area contributed by atoms with E-state index in [4.69, 9.17) is 9.47 Å². The van der Waals surface area contributed by atoms with Crippen molar-refractivity contribution >= 4 is 17.6 Å². The number of fused-ring (bicyclic) bond motifs is 1. The van der Waals surface area contributed by atoms with E-state index in [1.807, 2.05) is 78.6 Å². The van der Waals surface area contributed by atoms with E-state index in [1.165, 1.54) is 0 Å². The molecule has 4 rings (SSSR count). The average molecular weight is 460 g/mol. The van der Waals surface area contributed by atoms with E-state index in [2.05, 4.69) is 10.6 Å². The summed E-state index contributed by atoms with van der Waals surface area (Å²) in [7, 11) is 3.22. The van der Waals surface area contributed by atoms with Gasteiger partial charge < -0.3 is 25.0 Å². The zero-order valence-electron chi connectivity index (χ0n) is 19.6. The minimum absolute atomic E-state index is 0.108. The molecule has 176 valence electrons. The molecule has 7 nitrogen and oxygen atoms in total. The lowest BCUT2D eigenvalue weighted by molar-refractivity contribution is -0.132. The number of amides is 3. The van der Waals surface area contributed by atoms with Crippen LogP contribution >= 0.6 is 0 Å². The molecule has 7 heteroatoms.